The molecule has 0 amide bonds. The van der Waals surface area contributed by atoms with Gasteiger partial charge in [0.05, 0.1) is 28.6 Å². The molecule has 0 aliphatic carbocycles. The van der Waals surface area contributed by atoms with E-state index in [4.69, 9.17) is 21.1 Å². The van der Waals surface area contributed by atoms with Crippen molar-refractivity contribution in [2.75, 3.05) is 6.61 Å². The Morgan fingerprint density at radius 3 is 2.74 bits per heavy atom. The number of benzene rings is 2. The minimum absolute atomic E-state index is 0.0518. The molecule has 12 heteroatoms. The quantitative estimate of drug-likeness (QED) is 0.157. The largest absolute Gasteiger partial charge is 0.471 e. The van der Waals surface area contributed by atoms with E-state index in [1.54, 1.807) is 25.1 Å². The molecular formula is C23H22BrClN4O6. The average molecular weight is 566 g/mol. The predicted octanol–water partition coefficient (Wildman–Crippen LogP) is 4.89. The maximum atomic E-state index is 13.2. The van der Waals surface area contributed by atoms with Crippen molar-refractivity contribution in [3.63, 3.8) is 0 Å². The monoisotopic (exact) mass is 564 g/mol. The summed E-state index contributed by atoms with van der Waals surface area (Å²) in [4.78, 5) is 40.9. The Kier molecular flexibility index (Phi) is 8.57. The SMILES string of the molecule is CCCc1nc2ccc(Br)cc2c(=O)n1N=Cc1cc(Cl)cc([N+](=O)[O-])c1O[C@@H](C)C(=O)OCC. The average Bonchev–Trinajstić information content (AvgIpc) is 2.80. The second-order valence-electron chi connectivity index (χ2n) is 7.41. The molecule has 0 saturated heterocycles. The van der Waals surface area contributed by atoms with Crippen LogP contribution >= 0.6 is 27.5 Å². The maximum absolute atomic E-state index is 13.2. The second kappa shape index (κ2) is 11.4. The van der Waals surface area contributed by atoms with Gasteiger partial charge >= 0.3 is 11.7 Å². The molecule has 0 unspecified atom stereocenters. The Morgan fingerprint density at radius 2 is 2.09 bits per heavy atom. The fraction of sp³-hybridized carbons (Fsp3) is 0.304. The zero-order valence-electron chi connectivity index (χ0n) is 19.2. The number of aryl methyl sites for hydroxylation is 1. The van der Waals surface area contributed by atoms with Gasteiger partial charge in [-0.15, -0.1) is 0 Å². The zero-order chi connectivity index (χ0) is 25.7. The first-order valence-electron chi connectivity index (χ1n) is 10.7. The van der Waals surface area contributed by atoms with Crippen LogP contribution < -0.4 is 10.3 Å². The van der Waals surface area contributed by atoms with Gasteiger partial charge in [-0.05, 0) is 44.5 Å². The van der Waals surface area contributed by atoms with E-state index in [0.29, 0.717) is 34.0 Å². The second-order valence-corrected chi connectivity index (χ2v) is 8.77. The smallest absolute Gasteiger partial charge is 0.347 e. The van der Waals surface area contributed by atoms with E-state index in [9.17, 15) is 19.7 Å². The molecule has 2 aromatic carbocycles. The zero-order valence-corrected chi connectivity index (χ0v) is 21.5. The van der Waals surface area contributed by atoms with Crippen molar-refractivity contribution in [2.45, 2.75) is 39.7 Å². The van der Waals surface area contributed by atoms with Crippen molar-refractivity contribution >= 4 is 56.3 Å². The fourth-order valence-electron chi connectivity index (χ4n) is 3.26. The Labute approximate surface area is 213 Å². The van der Waals surface area contributed by atoms with Crippen LogP contribution in [0.4, 0.5) is 5.69 Å². The highest BCUT2D eigenvalue weighted by molar-refractivity contribution is 9.10. The molecule has 0 spiro atoms. The van der Waals surface area contributed by atoms with Crippen LogP contribution in [0.1, 0.15) is 38.6 Å². The van der Waals surface area contributed by atoms with Gasteiger partial charge in [-0.25, -0.2) is 9.78 Å². The topological polar surface area (TPSA) is 126 Å². The first-order chi connectivity index (χ1) is 16.7. The summed E-state index contributed by atoms with van der Waals surface area (Å²) in [6.07, 6.45) is 1.26. The summed E-state index contributed by atoms with van der Waals surface area (Å²) in [6, 6.07) is 7.66. The van der Waals surface area contributed by atoms with E-state index in [-0.39, 0.29) is 22.9 Å². The summed E-state index contributed by atoms with van der Waals surface area (Å²) in [6.45, 7) is 5.11. The third-order valence-electron chi connectivity index (χ3n) is 4.83. The third-order valence-corrected chi connectivity index (χ3v) is 5.55. The molecule has 0 fully saturated rings. The van der Waals surface area contributed by atoms with Crippen molar-refractivity contribution in [3.8, 4) is 5.75 Å². The van der Waals surface area contributed by atoms with Gasteiger partial charge in [0.25, 0.3) is 5.56 Å². The number of aromatic nitrogens is 2. The van der Waals surface area contributed by atoms with Gasteiger partial charge < -0.3 is 9.47 Å². The van der Waals surface area contributed by atoms with Gasteiger partial charge in [-0.1, -0.05) is 34.5 Å². The first-order valence-corrected chi connectivity index (χ1v) is 11.9. The molecule has 0 aliphatic rings. The molecule has 184 valence electrons. The van der Waals surface area contributed by atoms with Gasteiger partial charge in [0, 0.05) is 27.5 Å². The highest BCUT2D eigenvalue weighted by Crippen LogP contribution is 2.34. The number of halogens is 2. The van der Waals surface area contributed by atoms with Gasteiger partial charge in [-0.2, -0.15) is 9.78 Å². The normalized spacial score (nSPS) is 12.1. The predicted molar refractivity (Wildman–Crippen MR) is 136 cm³/mol. The van der Waals surface area contributed by atoms with E-state index in [1.807, 2.05) is 6.92 Å². The lowest BCUT2D eigenvalue weighted by molar-refractivity contribution is -0.386. The molecule has 0 N–H and O–H groups in total. The Hall–Kier alpha value is -3.31. The highest BCUT2D eigenvalue weighted by atomic mass is 79.9. The van der Waals surface area contributed by atoms with Crippen molar-refractivity contribution in [3.05, 3.63) is 71.7 Å². The van der Waals surface area contributed by atoms with Gasteiger partial charge in [0.2, 0.25) is 5.75 Å². The number of rotatable bonds is 9. The molecule has 1 aromatic heterocycles. The van der Waals surface area contributed by atoms with Crippen molar-refractivity contribution in [1.29, 1.82) is 0 Å². The van der Waals surface area contributed by atoms with Gasteiger partial charge in [0.15, 0.2) is 6.10 Å². The Balaban J connectivity index is 2.16. The third kappa shape index (κ3) is 6.04. The number of nitrogens with zero attached hydrogens (tertiary/aromatic N) is 4. The molecular weight excluding hydrogens is 544 g/mol. The maximum Gasteiger partial charge on any atom is 0.347 e. The summed E-state index contributed by atoms with van der Waals surface area (Å²) < 4.78 is 12.4. The number of ether oxygens (including phenoxy) is 2. The fourth-order valence-corrected chi connectivity index (χ4v) is 3.85. The van der Waals surface area contributed by atoms with Gasteiger partial charge in [-0.3, -0.25) is 14.9 Å². The van der Waals surface area contributed by atoms with Crippen molar-refractivity contribution in [2.24, 2.45) is 5.10 Å². The summed E-state index contributed by atoms with van der Waals surface area (Å²) in [5.74, 6) is -0.502. The summed E-state index contributed by atoms with van der Waals surface area (Å²) >= 11 is 9.46. The van der Waals surface area contributed by atoms with E-state index in [2.05, 4.69) is 26.0 Å². The van der Waals surface area contributed by atoms with Crippen LogP contribution in [0.15, 0.2) is 44.7 Å². The number of hydrogen-bond acceptors (Lipinski definition) is 8. The van der Waals surface area contributed by atoms with Crippen LogP contribution in [0, 0.1) is 10.1 Å². The van der Waals surface area contributed by atoms with Crippen LogP contribution in [0.3, 0.4) is 0 Å². The minimum Gasteiger partial charge on any atom is -0.471 e. The minimum atomic E-state index is -1.14. The number of nitro groups is 1. The summed E-state index contributed by atoms with van der Waals surface area (Å²) in [5.41, 5.74) is -0.241. The van der Waals surface area contributed by atoms with Crippen LogP contribution in [0.5, 0.6) is 5.75 Å². The van der Waals surface area contributed by atoms with Crippen molar-refractivity contribution in [1.82, 2.24) is 9.66 Å². The molecule has 3 rings (SSSR count). The number of esters is 1. The van der Waals surface area contributed by atoms with E-state index in [1.165, 1.54) is 19.2 Å². The van der Waals surface area contributed by atoms with Crippen molar-refractivity contribution < 1.29 is 19.2 Å². The number of hydrogen-bond donors (Lipinski definition) is 0. The summed E-state index contributed by atoms with van der Waals surface area (Å²) in [5, 5.41) is 16.4. The number of carbonyl (C=O) groups excluding carboxylic acids is 1. The Bertz CT molecular complexity index is 1370. The van der Waals surface area contributed by atoms with E-state index < -0.39 is 28.2 Å². The standard InChI is InChI=1S/C23H22BrClN4O6/c1-4-6-20-27-18-8-7-15(24)10-17(18)22(30)28(20)26-12-14-9-16(25)11-19(29(32)33)21(14)35-13(3)23(31)34-5-2/h7-13H,4-6H2,1-3H3/t13-/m0/s1. The molecule has 0 aliphatic heterocycles. The molecule has 1 atom stereocenters. The lowest BCUT2D eigenvalue weighted by atomic mass is 10.2. The lowest BCUT2D eigenvalue weighted by Crippen LogP contribution is -2.27. The van der Waals surface area contributed by atoms with Crippen LogP contribution in [0.25, 0.3) is 10.9 Å². The van der Waals surface area contributed by atoms with E-state index >= 15 is 0 Å². The number of carbonyl (C=O) groups is 1. The highest BCUT2D eigenvalue weighted by Gasteiger charge is 2.26. The van der Waals surface area contributed by atoms with E-state index in [0.717, 1.165) is 10.7 Å². The first kappa shape index (κ1) is 26.3. The molecule has 0 bridgehead atoms. The molecule has 10 nitrogen and oxygen atoms in total. The summed E-state index contributed by atoms with van der Waals surface area (Å²) in [7, 11) is 0. The molecule has 0 radical (unpaired) electrons. The molecule has 3 aromatic rings. The number of fused-ring (bicyclic) bond motifs is 1. The van der Waals surface area contributed by atoms with Crippen LogP contribution in [-0.4, -0.2) is 39.5 Å². The Morgan fingerprint density at radius 1 is 1.34 bits per heavy atom. The number of nitro benzene ring substituents is 1. The lowest BCUT2D eigenvalue weighted by Gasteiger charge is -2.15. The molecule has 35 heavy (non-hydrogen) atoms. The molecule has 1 heterocycles. The van der Waals surface area contributed by atoms with Crippen LogP contribution in [0.2, 0.25) is 5.02 Å². The van der Waals surface area contributed by atoms with Crippen LogP contribution in [-0.2, 0) is 16.0 Å². The molecule has 0 saturated carbocycles. The van der Waals surface area contributed by atoms with Gasteiger partial charge in [0.1, 0.15) is 5.82 Å².